The van der Waals surface area contributed by atoms with E-state index in [1.54, 1.807) is 0 Å². The zero-order valence-corrected chi connectivity index (χ0v) is 11.0. The van der Waals surface area contributed by atoms with Crippen molar-refractivity contribution in [2.75, 3.05) is 6.54 Å². The molecule has 0 aliphatic rings. The van der Waals surface area contributed by atoms with Gasteiger partial charge in [-0.25, -0.2) is 8.78 Å². The normalized spacial score (nSPS) is 12.9. The molecule has 0 spiro atoms. The lowest BCUT2D eigenvalue weighted by Crippen LogP contribution is -2.47. The van der Waals surface area contributed by atoms with E-state index >= 15 is 0 Å². The van der Waals surface area contributed by atoms with Gasteiger partial charge >= 0.3 is 12.3 Å². The summed E-state index contributed by atoms with van der Waals surface area (Å²) in [5, 5.41) is 1.90. The van der Waals surface area contributed by atoms with Crippen LogP contribution in [0.4, 0.5) is 17.6 Å². The molecule has 108 valence electrons. The van der Waals surface area contributed by atoms with Crippen LogP contribution in [0, 0.1) is 5.41 Å². The average molecular weight is 271 g/mol. The quantitative estimate of drug-likeness (QED) is 0.530. The number of amides is 1. The predicted octanol–water partition coefficient (Wildman–Crippen LogP) is 3.61. The van der Waals surface area contributed by atoms with Crippen LogP contribution in [0.2, 0.25) is 0 Å². The van der Waals surface area contributed by atoms with Crippen molar-refractivity contribution in [1.29, 1.82) is 0 Å². The smallest absolute Gasteiger partial charge is 0.350 e. The van der Waals surface area contributed by atoms with E-state index in [1.807, 2.05) is 26.1 Å². The first-order valence-electron chi connectivity index (χ1n) is 6.07. The van der Waals surface area contributed by atoms with Crippen molar-refractivity contribution in [3.8, 4) is 0 Å². The maximum absolute atomic E-state index is 12.7. The molecule has 0 aromatic carbocycles. The third-order valence-electron chi connectivity index (χ3n) is 2.76. The molecule has 6 heteroatoms. The van der Waals surface area contributed by atoms with Crippen molar-refractivity contribution in [2.45, 2.75) is 58.8 Å². The molecule has 0 heterocycles. The van der Waals surface area contributed by atoms with Gasteiger partial charge in [-0.05, 0) is 11.8 Å². The molecule has 0 rings (SSSR count). The highest BCUT2D eigenvalue weighted by Gasteiger charge is 2.49. The van der Waals surface area contributed by atoms with Gasteiger partial charge < -0.3 is 5.32 Å². The van der Waals surface area contributed by atoms with Gasteiger partial charge in [-0.1, -0.05) is 40.0 Å². The van der Waals surface area contributed by atoms with Crippen LogP contribution in [-0.4, -0.2) is 24.8 Å². The topological polar surface area (TPSA) is 29.1 Å². The van der Waals surface area contributed by atoms with Crippen LogP contribution in [0.5, 0.6) is 0 Å². The highest BCUT2D eigenvalue weighted by molar-refractivity contribution is 5.83. The van der Waals surface area contributed by atoms with Crippen LogP contribution in [0.3, 0.4) is 0 Å². The van der Waals surface area contributed by atoms with E-state index in [0.717, 1.165) is 25.7 Å². The second-order valence-corrected chi connectivity index (χ2v) is 5.23. The molecule has 0 fully saturated rings. The molecule has 0 atom stereocenters. The summed E-state index contributed by atoms with van der Waals surface area (Å²) in [6.07, 6.45) is -0.247. The molecule has 18 heavy (non-hydrogen) atoms. The standard InChI is InChI=1S/C12H21F4NO/c1-4-5-6-7-11(2,3)8-17-10(18)12(15,16)9(13)14/h9H,4-8H2,1-3H3,(H,17,18). The van der Waals surface area contributed by atoms with Crippen LogP contribution >= 0.6 is 0 Å². The second-order valence-electron chi connectivity index (χ2n) is 5.23. The van der Waals surface area contributed by atoms with E-state index < -0.39 is 18.3 Å². The minimum absolute atomic E-state index is 0.0299. The Morgan fingerprint density at radius 3 is 2.22 bits per heavy atom. The van der Waals surface area contributed by atoms with Crippen LogP contribution in [-0.2, 0) is 4.79 Å². The third-order valence-corrected chi connectivity index (χ3v) is 2.76. The second kappa shape index (κ2) is 6.95. The van der Waals surface area contributed by atoms with E-state index in [0.29, 0.717) is 0 Å². The lowest BCUT2D eigenvalue weighted by Gasteiger charge is -2.26. The lowest BCUT2D eigenvalue weighted by atomic mass is 9.87. The number of alkyl halides is 4. The fourth-order valence-electron chi connectivity index (χ4n) is 1.48. The molecule has 0 saturated carbocycles. The van der Waals surface area contributed by atoms with Crippen molar-refractivity contribution >= 4 is 5.91 Å². The zero-order valence-electron chi connectivity index (χ0n) is 11.0. The van der Waals surface area contributed by atoms with Gasteiger partial charge in [0.15, 0.2) is 0 Å². The maximum Gasteiger partial charge on any atom is 0.383 e. The zero-order chi connectivity index (χ0) is 14.4. The Hall–Kier alpha value is -0.810. The molecular weight excluding hydrogens is 250 g/mol. The van der Waals surface area contributed by atoms with E-state index in [2.05, 4.69) is 0 Å². The first-order chi connectivity index (χ1) is 8.13. The summed E-state index contributed by atoms with van der Waals surface area (Å²) >= 11 is 0. The first-order valence-corrected chi connectivity index (χ1v) is 6.07. The summed E-state index contributed by atoms with van der Waals surface area (Å²) < 4.78 is 49.2. The molecule has 0 aromatic rings. The average Bonchev–Trinajstić information content (AvgIpc) is 2.25. The van der Waals surface area contributed by atoms with Gasteiger partial charge in [0.05, 0.1) is 0 Å². The highest BCUT2D eigenvalue weighted by atomic mass is 19.3. The number of carbonyl (C=O) groups is 1. The van der Waals surface area contributed by atoms with Gasteiger partial charge in [-0.2, -0.15) is 8.78 Å². The molecule has 0 bridgehead atoms. The summed E-state index contributed by atoms with van der Waals surface area (Å²) in [7, 11) is 0. The van der Waals surface area contributed by atoms with Gasteiger partial charge in [0, 0.05) is 6.54 Å². The highest BCUT2D eigenvalue weighted by Crippen LogP contribution is 2.25. The maximum atomic E-state index is 12.7. The molecule has 0 aliphatic heterocycles. The summed E-state index contributed by atoms with van der Waals surface area (Å²) in [6, 6.07) is 0. The van der Waals surface area contributed by atoms with E-state index in [1.165, 1.54) is 0 Å². The predicted molar refractivity (Wildman–Crippen MR) is 61.9 cm³/mol. The van der Waals surface area contributed by atoms with E-state index in [9.17, 15) is 22.4 Å². The fraction of sp³-hybridized carbons (Fsp3) is 0.917. The molecule has 0 aliphatic carbocycles. The van der Waals surface area contributed by atoms with Gasteiger partial charge in [-0.15, -0.1) is 0 Å². The summed E-state index contributed by atoms with van der Waals surface area (Å²) in [5.41, 5.74) is -0.372. The Morgan fingerprint density at radius 2 is 1.78 bits per heavy atom. The summed E-state index contributed by atoms with van der Waals surface area (Å²) in [6.45, 7) is 5.63. The van der Waals surface area contributed by atoms with Crippen molar-refractivity contribution < 1.29 is 22.4 Å². The van der Waals surface area contributed by atoms with Gasteiger partial charge in [-0.3, -0.25) is 4.79 Å². The Morgan fingerprint density at radius 1 is 1.22 bits per heavy atom. The van der Waals surface area contributed by atoms with Gasteiger partial charge in [0.1, 0.15) is 0 Å². The summed E-state index contributed by atoms with van der Waals surface area (Å²) in [4.78, 5) is 10.9. The van der Waals surface area contributed by atoms with E-state index in [-0.39, 0.29) is 12.0 Å². The Balaban J connectivity index is 4.19. The van der Waals surface area contributed by atoms with Crippen molar-refractivity contribution in [1.82, 2.24) is 5.32 Å². The van der Waals surface area contributed by atoms with E-state index in [4.69, 9.17) is 0 Å². The van der Waals surface area contributed by atoms with Crippen LogP contribution in [0.1, 0.15) is 46.5 Å². The SMILES string of the molecule is CCCCCC(C)(C)CNC(=O)C(F)(F)C(F)F. The molecule has 0 radical (unpaired) electrons. The number of nitrogens with one attached hydrogen (secondary N) is 1. The Kier molecular flexibility index (Phi) is 6.63. The Labute approximate surface area is 105 Å². The number of hydrogen-bond donors (Lipinski definition) is 1. The largest absolute Gasteiger partial charge is 0.383 e. The molecule has 0 saturated heterocycles. The third kappa shape index (κ3) is 5.69. The number of halogens is 4. The Bertz CT molecular complexity index is 267. The molecule has 0 unspecified atom stereocenters. The number of hydrogen-bond acceptors (Lipinski definition) is 1. The minimum Gasteiger partial charge on any atom is -0.350 e. The molecule has 0 aromatic heterocycles. The molecular formula is C12H21F4NO. The van der Waals surface area contributed by atoms with Crippen LogP contribution in [0.15, 0.2) is 0 Å². The molecule has 1 amide bonds. The minimum atomic E-state index is -4.61. The van der Waals surface area contributed by atoms with Crippen LogP contribution < -0.4 is 5.32 Å². The fourth-order valence-corrected chi connectivity index (χ4v) is 1.48. The van der Waals surface area contributed by atoms with Gasteiger partial charge in [0.2, 0.25) is 0 Å². The monoisotopic (exact) mass is 271 g/mol. The summed E-state index contributed by atoms with van der Waals surface area (Å²) in [5.74, 6) is -6.51. The molecule has 2 nitrogen and oxygen atoms in total. The molecule has 1 N–H and O–H groups in total. The lowest BCUT2D eigenvalue weighted by molar-refractivity contribution is -0.169. The van der Waals surface area contributed by atoms with Crippen molar-refractivity contribution in [3.05, 3.63) is 0 Å². The van der Waals surface area contributed by atoms with Crippen molar-refractivity contribution in [3.63, 3.8) is 0 Å². The first kappa shape index (κ1) is 17.2. The number of carbonyl (C=O) groups excluding carboxylic acids is 1. The number of rotatable bonds is 8. The van der Waals surface area contributed by atoms with Crippen LogP contribution in [0.25, 0.3) is 0 Å². The van der Waals surface area contributed by atoms with Gasteiger partial charge in [0.25, 0.3) is 5.91 Å². The van der Waals surface area contributed by atoms with Crippen molar-refractivity contribution in [2.24, 2.45) is 5.41 Å². The number of unbranched alkanes of at least 4 members (excludes halogenated alkanes) is 2.